The second-order valence-corrected chi connectivity index (χ2v) is 4.54. The fourth-order valence-electron chi connectivity index (χ4n) is 2.01. The first-order valence-electron chi connectivity index (χ1n) is 6.54. The third kappa shape index (κ3) is 3.76. The van der Waals surface area contributed by atoms with Gasteiger partial charge in [-0.25, -0.2) is 0 Å². The molecule has 6 nitrogen and oxygen atoms in total. The summed E-state index contributed by atoms with van der Waals surface area (Å²) in [5, 5.41) is 20.2. The molecule has 0 atom stereocenters. The quantitative estimate of drug-likeness (QED) is 0.651. The van der Waals surface area contributed by atoms with Gasteiger partial charge in [0.1, 0.15) is 11.4 Å². The zero-order valence-corrected chi connectivity index (χ0v) is 11.7. The number of ether oxygens (including phenoxy) is 1. The van der Waals surface area contributed by atoms with Crippen molar-refractivity contribution >= 4 is 5.69 Å². The molecule has 0 fully saturated rings. The van der Waals surface area contributed by atoms with Gasteiger partial charge in [0.05, 0.1) is 18.1 Å². The van der Waals surface area contributed by atoms with E-state index in [0.29, 0.717) is 23.4 Å². The van der Waals surface area contributed by atoms with Gasteiger partial charge in [0.15, 0.2) is 0 Å². The molecule has 2 aromatic rings. The molecule has 1 aromatic heterocycles. The van der Waals surface area contributed by atoms with Gasteiger partial charge in [-0.3, -0.25) is 15.1 Å². The number of nitro benzene ring substituents is 1. The Labute approximate surface area is 122 Å². The van der Waals surface area contributed by atoms with Crippen LogP contribution in [0.4, 0.5) is 5.69 Å². The van der Waals surface area contributed by atoms with Gasteiger partial charge in [-0.05, 0) is 19.1 Å². The van der Waals surface area contributed by atoms with Crippen LogP contribution in [0.1, 0.15) is 17.0 Å². The van der Waals surface area contributed by atoms with Gasteiger partial charge in [-0.2, -0.15) is 0 Å². The molecule has 0 aliphatic heterocycles. The lowest BCUT2D eigenvalue weighted by molar-refractivity contribution is -0.385. The number of nitrogens with zero attached hydrogens (tertiary/aromatic N) is 2. The van der Waals surface area contributed by atoms with Crippen LogP contribution in [0.5, 0.6) is 5.75 Å². The summed E-state index contributed by atoms with van der Waals surface area (Å²) in [6, 6.07) is 10.1. The van der Waals surface area contributed by atoms with Crippen molar-refractivity contribution in [2.75, 3.05) is 6.61 Å². The van der Waals surface area contributed by atoms with E-state index in [9.17, 15) is 15.2 Å². The molecule has 1 N–H and O–H groups in total. The SMILES string of the molecule is Cc1ccc(OCCc2ccccc2[N+](=O)[O-])c(CO)n1. The Hall–Kier alpha value is -2.47. The molecule has 0 radical (unpaired) electrons. The first-order chi connectivity index (χ1) is 10.1. The Morgan fingerprint density at radius 2 is 2.05 bits per heavy atom. The maximum Gasteiger partial charge on any atom is 0.272 e. The number of benzene rings is 1. The van der Waals surface area contributed by atoms with Crippen molar-refractivity contribution in [2.45, 2.75) is 20.0 Å². The molecule has 6 heteroatoms. The lowest BCUT2D eigenvalue weighted by atomic mass is 10.1. The van der Waals surface area contributed by atoms with Crippen molar-refractivity contribution in [3.63, 3.8) is 0 Å². The van der Waals surface area contributed by atoms with Crippen LogP contribution in [0, 0.1) is 17.0 Å². The van der Waals surface area contributed by atoms with Crippen LogP contribution in [0.15, 0.2) is 36.4 Å². The molecule has 0 saturated heterocycles. The van der Waals surface area contributed by atoms with Crippen molar-refractivity contribution in [3.8, 4) is 5.75 Å². The number of hydrogen-bond acceptors (Lipinski definition) is 5. The molecular weight excluding hydrogens is 272 g/mol. The minimum atomic E-state index is -0.401. The molecule has 1 aromatic carbocycles. The predicted octanol–water partition coefficient (Wildman–Crippen LogP) is 2.41. The van der Waals surface area contributed by atoms with Crippen LogP contribution in [-0.4, -0.2) is 21.6 Å². The number of pyridine rings is 1. The maximum absolute atomic E-state index is 10.9. The summed E-state index contributed by atoms with van der Waals surface area (Å²) in [7, 11) is 0. The summed E-state index contributed by atoms with van der Waals surface area (Å²) < 4.78 is 5.58. The predicted molar refractivity (Wildman–Crippen MR) is 77.2 cm³/mol. The number of aryl methyl sites for hydroxylation is 1. The molecule has 0 amide bonds. The maximum atomic E-state index is 10.9. The Morgan fingerprint density at radius 1 is 1.29 bits per heavy atom. The Morgan fingerprint density at radius 3 is 2.76 bits per heavy atom. The summed E-state index contributed by atoms with van der Waals surface area (Å²) in [4.78, 5) is 14.7. The Balaban J connectivity index is 2.04. The highest BCUT2D eigenvalue weighted by Crippen LogP contribution is 2.20. The van der Waals surface area contributed by atoms with E-state index in [4.69, 9.17) is 4.74 Å². The summed E-state index contributed by atoms with van der Waals surface area (Å²) in [6.07, 6.45) is 0.413. The van der Waals surface area contributed by atoms with Crippen molar-refractivity contribution in [1.29, 1.82) is 0 Å². The molecular formula is C15H16N2O4. The van der Waals surface area contributed by atoms with Gasteiger partial charge in [0, 0.05) is 23.7 Å². The Bertz CT molecular complexity index is 643. The Kier molecular flexibility index (Phi) is 4.84. The fraction of sp³-hybridized carbons (Fsp3) is 0.267. The van der Waals surface area contributed by atoms with Crippen LogP contribution < -0.4 is 4.74 Å². The minimum Gasteiger partial charge on any atom is -0.491 e. The number of para-hydroxylation sites is 1. The van der Waals surface area contributed by atoms with E-state index in [1.54, 1.807) is 30.3 Å². The number of aliphatic hydroxyl groups is 1. The highest BCUT2D eigenvalue weighted by Gasteiger charge is 2.12. The van der Waals surface area contributed by atoms with Gasteiger partial charge in [-0.1, -0.05) is 18.2 Å². The van der Waals surface area contributed by atoms with Gasteiger partial charge in [0.25, 0.3) is 5.69 Å². The zero-order valence-electron chi connectivity index (χ0n) is 11.7. The number of aromatic nitrogens is 1. The summed E-state index contributed by atoms with van der Waals surface area (Å²) >= 11 is 0. The molecule has 1 heterocycles. The average molecular weight is 288 g/mol. The standard InChI is InChI=1S/C15H16N2O4/c1-11-6-7-15(13(10-18)16-11)21-9-8-12-4-2-3-5-14(12)17(19)20/h2-7,18H,8-10H2,1H3. The van der Waals surface area contributed by atoms with E-state index in [2.05, 4.69) is 4.98 Å². The second-order valence-electron chi connectivity index (χ2n) is 4.54. The van der Waals surface area contributed by atoms with Crippen molar-refractivity contribution < 1.29 is 14.8 Å². The summed E-state index contributed by atoms with van der Waals surface area (Å²) in [5.74, 6) is 0.502. The van der Waals surface area contributed by atoms with Crippen molar-refractivity contribution in [3.05, 3.63) is 63.5 Å². The highest BCUT2D eigenvalue weighted by molar-refractivity contribution is 5.40. The zero-order chi connectivity index (χ0) is 15.2. The molecule has 0 saturated carbocycles. The van der Waals surface area contributed by atoms with E-state index < -0.39 is 4.92 Å². The number of hydrogen-bond donors (Lipinski definition) is 1. The molecule has 0 bridgehead atoms. The highest BCUT2D eigenvalue weighted by atomic mass is 16.6. The molecule has 2 rings (SSSR count). The van der Waals surface area contributed by atoms with Crippen LogP contribution in [0.25, 0.3) is 0 Å². The van der Waals surface area contributed by atoms with Gasteiger partial charge >= 0.3 is 0 Å². The lowest BCUT2D eigenvalue weighted by Crippen LogP contribution is -2.06. The number of aliphatic hydroxyl groups excluding tert-OH is 1. The molecule has 0 aliphatic carbocycles. The third-order valence-corrected chi connectivity index (χ3v) is 3.04. The van der Waals surface area contributed by atoms with Crippen LogP contribution in [0.3, 0.4) is 0 Å². The molecule has 21 heavy (non-hydrogen) atoms. The normalized spacial score (nSPS) is 10.4. The minimum absolute atomic E-state index is 0.0884. The smallest absolute Gasteiger partial charge is 0.272 e. The average Bonchev–Trinajstić information content (AvgIpc) is 2.49. The van der Waals surface area contributed by atoms with E-state index in [-0.39, 0.29) is 18.9 Å². The van der Waals surface area contributed by atoms with Crippen molar-refractivity contribution in [2.24, 2.45) is 0 Å². The van der Waals surface area contributed by atoms with Crippen LogP contribution >= 0.6 is 0 Å². The van der Waals surface area contributed by atoms with Crippen LogP contribution in [0.2, 0.25) is 0 Å². The lowest BCUT2D eigenvalue weighted by Gasteiger charge is -2.10. The summed E-state index contributed by atoms with van der Waals surface area (Å²) in [6.45, 7) is 1.90. The van der Waals surface area contributed by atoms with E-state index in [0.717, 1.165) is 5.69 Å². The van der Waals surface area contributed by atoms with E-state index in [1.807, 2.05) is 6.92 Å². The van der Waals surface area contributed by atoms with E-state index in [1.165, 1.54) is 6.07 Å². The largest absolute Gasteiger partial charge is 0.491 e. The summed E-state index contributed by atoms with van der Waals surface area (Å²) in [5.41, 5.74) is 1.97. The number of rotatable bonds is 6. The molecule has 0 spiro atoms. The fourth-order valence-corrected chi connectivity index (χ4v) is 2.01. The molecule has 0 aliphatic rings. The topological polar surface area (TPSA) is 85.5 Å². The van der Waals surface area contributed by atoms with Crippen molar-refractivity contribution in [1.82, 2.24) is 4.98 Å². The monoisotopic (exact) mass is 288 g/mol. The van der Waals surface area contributed by atoms with Gasteiger partial charge < -0.3 is 9.84 Å². The molecule has 110 valence electrons. The number of nitro groups is 1. The van der Waals surface area contributed by atoms with E-state index >= 15 is 0 Å². The van der Waals surface area contributed by atoms with Gasteiger partial charge in [0.2, 0.25) is 0 Å². The first-order valence-corrected chi connectivity index (χ1v) is 6.54. The second kappa shape index (κ2) is 6.81. The molecule has 0 unspecified atom stereocenters. The first kappa shape index (κ1) is 14.9. The van der Waals surface area contributed by atoms with Gasteiger partial charge in [-0.15, -0.1) is 0 Å². The third-order valence-electron chi connectivity index (χ3n) is 3.04. The van der Waals surface area contributed by atoms with Crippen LogP contribution in [-0.2, 0) is 13.0 Å².